The molecule has 1 saturated heterocycles. The molecule has 0 radical (unpaired) electrons. The third-order valence-corrected chi connectivity index (χ3v) is 5.87. The second-order valence-electron chi connectivity index (χ2n) is 8.04. The Balaban J connectivity index is 1.36. The lowest BCUT2D eigenvalue weighted by molar-refractivity contribution is -0.137. The van der Waals surface area contributed by atoms with Crippen LogP contribution >= 0.6 is 0 Å². The van der Waals surface area contributed by atoms with E-state index < -0.39 is 11.7 Å². The number of nitrogens with zero attached hydrogens (tertiary/aromatic N) is 6. The lowest BCUT2D eigenvalue weighted by atomic mass is 10.1. The minimum absolute atomic E-state index is 0.112. The molecule has 1 aliphatic carbocycles. The van der Waals surface area contributed by atoms with Crippen molar-refractivity contribution < 1.29 is 22.7 Å². The van der Waals surface area contributed by atoms with Gasteiger partial charge in [0.2, 0.25) is 5.88 Å². The molecule has 3 atom stereocenters. The van der Waals surface area contributed by atoms with Crippen molar-refractivity contribution in [3.63, 3.8) is 0 Å². The number of likely N-dealkylation sites (tertiary alicyclic amines) is 1. The molecule has 1 aliphatic heterocycles. The van der Waals surface area contributed by atoms with Crippen LogP contribution in [0.2, 0.25) is 0 Å². The van der Waals surface area contributed by atoms with E-state index in [0.29, 0.717) is 17.9 Å². The quantitative estimate of drug-likeness (QED) is 0.615. The molecule has 2 fully saturated rings. The third kappa shape index (κ3) is 3.67. The number of halogens is 3. The summed E-state index contributed by atoms with van der Waals surface area (Å²) in [6.07, 6.45) is 0.472. The van der Waals surface area contributed by atoms with Gasteiger partial charge in [-0.2, -0.15) is 23.4 Å². The van der Waals surface area contributed by atoms with E-state index in [-0.39, 0.29) is 29.9 Å². The van der Waals surface area contributed by atoms with Crippen molar-refractivity contribution in [2.75, 3.05) is 6.54 Å². The zero-order chi connectivity index (χ0) is 22.5. The van der Waals surface area contributed by atoms with Gasteiger partial charge in [-0.1, -0.05) is 0 Å². The van der Waals surface area contributed by atoms with Crippen LogP contribution in [0.3, 0.4) is 0 Å². The number of aryl methyl sites for hydroxylation is 1. The van der Waals surface area contributed by atoms with Crippen molar-refractivity contribution in [3.8, 4) is 11.7 Å². The second-order valence-corrected chi connectivity index (χ2v) is 8.04. The molecule has 2 unspecified atom stereocenters. The molecule has 166 valence electrons. The summed E-state index contributed by atoms with van der Waals surface area (Å²) in [5.41, 5.74) is 0.276. The molecule has 3 aromatic rings. The minimum atomic E-state index is -4.45. The Bertz CT molecular complexity index is 1130. The Hall–Kier alpha value is -3.50. The van der Waals surface area contributed by atoms with Gasteiger partial charge in [-0.15, -0.1) is 4.80 Å². The molecule has 1 saturated carbocycles. The van der Waals surface area contributed by atoms with Gasteiger partial charge >= 0.3 is 6.18 Å². The summed E-state index contributed by atoms with van der Waals surface area (Å²) < 4.78 is 44.2. The average Bonchev–Trinajstić information content (AvgIpc) is 3.50. The van der Waals surface area contributed by atoms with Crippen LogP contribution in [0, 0.1) is 12.8 Å². The maximum absolute atomic E-state index is 13.4. The van der Waals surface area contributed by atoms with Gasteiger partial charge in [0.15, 0.2) is 5.82 Å². The van der Waals surface area contributed by atoms with E-state index in [1.807, 2.05) is 6.92 Å². The number of carbonyl (C=O) groups excluding carboxylic acids is 1. The number of piperidine rings is 1. The molecule has 32 heavy (non-hydrogen) atoms. The van der Waals surface area contributed by atoms with Crippen LogP contribution in [-0.2, 0) is 6.18 Å². The Morgan fingerprint density at radius 1 is 1.12 bits per heavy atom. The van der Waals surface area contributed by atoms with Crippen LogP contribution in [0.15, 0.2) is 42.9 Å². The SMILES string of the molecule is Cc1ccc(C(=O)N2C[C@H]3CC(Oc4ccc(C(F)(F)F)cn4)C2C3)c(-n2nccn2)n1. The molecule has 5 rings (SSSR count). The van der Waals surface area contributed by atoms with Crippen LogP contribution in [0.5, 0.6) is 5.88 Å². The first kappa shape index (κ1) is 20.4. The molecule has 2 bridgehead atoms. The predicted octanol–water partition coefficient (Wildman–Crippen LogP) is 3.07. The summed E-state index contributed by atoms with van der Waals surface area (Å²) in [5, 5.41) is 8.20. The number of pyridine rings is 2. The number of amides is 1. The summed E-state index contributed by atoms with van der Waals surface area (Å²) in [6, 6.07) is 5.43. The summed E-state index contributed by atoms with van der Waals surface area (Å²) in [7, 11) is 0. The fourth-order valence-electron chi connectivity index (χ4n) is 4.44. The highest BCUT2D eigenvalue weighted by Gasteiger charge is 2.49. The Morgan fingerprint density at radius 2 is 1.91 bits per heavy atom. The maximum Gasteiger partial charge on any atom is 0.417 e. The van der Waals surface area contributed by atoms with Crippen molar-refractivity contribution in [3.05, 3.63) is 59.7 Å². The topological polar surface area (TPSA) is 86.0 Å². The van der Waals surface area contributed by atoms with Crippen LogP contribution in [-0.4, -0.2) is 54.5 Å². The first-order valence-electron chi connectivity index (χ1n) is 10.1. The number of carbonyl (C=O) groups is 1. The monoisotopic (exact) mass is 444 g/mol. The zero-order valence-electron chi connectivity index (χ0n) is 17.0. The van der Waals surface area contributed by atoms with Crippen molar-refractivity contribution in [1.29, 1.82) is 0 Å². The van der Waals surface area contributed by atoms with Gasteiger partial charge in [-0.3, -0.25) is 4.79 Å². The third-order valence-electron chi connectivity index (χ3n) is 5.87. The van der Waals surface area contributed by atoms with Crippen molar-refractivity contribution >= 4 is 5.91 Å². The predicted molar refractivity (Wildman–Crippen MR) is 105 cm³/mol. The zero-order valence-corrected chi connectivity index (χ0v) is 17.0. The fourth-order valence-corrected chi connectivity index (χ4v) is 4.44. The number of ether oxygens (including phenoxy) is 1. The second kappa shape index (κ2) is 7.57. The fraction of sp³-hybridized carbons (Fsp3) is 0.381. The highest BCUT2D eigenvalue weighted by Crippen LogP contribution is 2.40. The Morgan fingerprint density at radius 3 is 2.56 bits per heavy atom. The molecule has 0 N–H and O–H groups in total. The largest absolute Gasteiger partial charge is 0.472 e. The van der Waals surface area contributed by atoms with E-state index in [1.54, 1.807) is 17.0 Å². The van der Waals surface area contributed by atoms with Gasteiger partial charge < -0.3 is 9.64 Å². The van der Waals surface area contributed by atoms with Gasteiger partial charge in [-0.25, -0.2) is 9.97 Å². The first-order chi connectivity index (χ1) is 15.3. The van der Waals surface area contributed by atoms with Gasteiger partial charge in [0.25, 0.3) is 5.91 Å². The van der Waals surface area contributed by atoms with E-state index in [9.17, 15) is 18.0 Å². The Kier molecular flexibility index (Phi) is 4.83. The minimum Gasteiger partial charge on any atom is -0.472 e. The molecule has 4 heterocycles. The van der Waals surface area contributed by atoms with Crippen molar-refractivity contribution in [2.45, 2.75) is 38.1 Å². The molecular weight excluding hydrogens is 425 g/mol. The standard InChI is InChI=1S/C21H19F3N6O2/c1-12-2-4-15(19(28-12)30-26-6-7-27-30)20(31)29-11-13-8-16(29)17(9-13)32-18-5-3-14(10-25-18)21(22,23)24/h2-7,10,13,16-17H,8-9,11H2,1H3/t13-,16?,17?/m1/s1. The van der Waals surface area contributed by atoms with E-state index in [2.05, 4.69) is 20.2 Å². The number of aromatic nitrogens is 5. The van der Waals surface area contributed by atoms with Crippen LogP contribution in [0.25, 0.3) is 5.82 Å². The first-order valence-corrected chi connectivity index (χ1v) is 10.1. The highest BCUT2D eigenvalue weighted by atomic mass is 19.4. The number of hydrogen-bond acceptors (Lipinski definition) is 6. The number of alkyl halides is 3. The lowest BCUT2D eigenvalue weighted by Gasteiger charge is -2.33. The van der Waals surface area contributed by atoms with Gasteiger partial charge in [0.1, 0.15) is 6.10 Å². The number of hydrogen-bond donors (Lipinski definition) is 0. The molecule has 3 aromatic heterocycles. The molecular formula is C21H19F3N6O2. The summed E-state index contributed by atoms with van der Waals surface area (Å²) in [4.78, 5) is 24.7. The molecule has 1 amide bonds. The highest BCUT2D eigenvalue weighted by molar-refractivity contribution is 5.97. The molecule has 11 heteroatoms. The van der Waals surface area contributed by atoms with E-state index in [4.69, 9.17) is 4.74 Å². The van der Waals surface area contributed by atoms with E-state index in [1.165, 1.54) is 23.3 Å². The van der Waals surface area contributed by atoms with Crippen LogP contribution < -0.4 is 4.74 Å². The molecule has 8 nitrogen and oxygen atoms in total. The molecule has 2 aliphatic rings. The summed E-state index contributed by atoms with van der Waals surface area (Å²) in [5.74, 6) is 0.519. The van der Waals surface area contributed by atoms with Crippen molar-refractivity contribution in [1.82, 2.24) is 29.9 Å². The van der Waals surface area contributed by atoms with Gasteiger partial charge in [0, 0.05) is 24.5 Å². The Labute approximate surface area is 181 Å². The summed E-state index contributed by atoms with van der Waals surface area (Å²) in [6.45, 7) is 2.41. The van der Waals surface area contributed by atoms with E-state index in [0.717, 1.165) is 30.8 Å². The van der Waals surface area contributed by atoms with Crippen molar-refractivity contribution in [2.24, 2.45) is 5.92 Å². The number of rotatable bonds is 4. The van der Waals surface area contributed by atoms with Crippen LogP contribution in [0.4, 0.5) is 13.2 Å². The normalized spacial score (nSPS) is 22.4. The lowest BCUT2D eigenvalue weighted by Crippen LogP contribution is -2.47. The van der Waals surface area contributed by atoms with Gasteiger partial charge in [0.05, 0.1) is 29.6 Å². The summed E-state index contributed by atoms with van der Waals surface area (Å²) >= 11 is 0. The maximum atomic E-state index is 13.4. The molecule has 0 aromatic carbocycles. The average molecular weight is 444 g/mol. The van der Waals surface area contributed by atoms with Crippen LogP contribution in [0.1, 0.15) is 34.5 Å². The number of fused-ring (bicyclic) bond motifs is 2. The molecule has 0 spiro atoms. The smallest absolute Gasteiger partial charge is 0.417 e. The van der Waals surface area contributed by atoms with Gasteiger partial charge in [-0.05, 0) is 43.9 Å². The van der Waals surface area contributed by atoms with E-state index >= 15 is 0 Å².